The summed E-state index contributed by atoms with van der Waals surface area (Å²) in [4.78, 5) is 12.1. The molecule has 0 aromatic heterocycles. The van der Waals surface area contributed by atoms with Crippen molar-refractivity contribution in [3.05, 3.63) is 0 Å². The molecule has 3 rings (SSSR count). The Labute approximate surface area is 116 Å². The summed E-state index contributed by atoms with van der Waals surface area (Å²) in [6.07, 6.45) is 11.8. The van der Waals surface area contributed by atoms with Gasteiger partial charge in [0, 0.05) is 12.1 Å². The van der Waals surface area contributed by atoms with Gasteiger partial charge >= 0.3 is 6.03 Å². The number of fused-ring (bicyclic) bond motifs is 2. The quantitative estimate of drug-likeness (QED) is 0.805. The van der Waals surface area contributed by atoms with E-state index >= 15 is 0 Å². The molecular formula is C16H28N2O. The molecule has 3 nitrogen and oxygen atoms in total. The van der Waals surface area contributed by atoms with Crippen molar-refractivity contribution >= 4 is 6.03 Å². The van der Waals surface area contributed by atoms with Crippen molar-refractivity contribution in [2.24, 2.45) is 17.8 Å². The van der Waals surface area contributed by atoms with Gasteiger partial charge in [-0.3, -0.25) is 0 Å². The maximum atomic E-state index is 12.1. The number of carbonyl (C=O) groups is 1. The molecule has 3 aliphatic carbocycles. The predicted octanol–water partition coefficient (Wildman–Crippen LogP) is 3.44. The second-order valence-electron chi connectivity index (χ2n) is 7.08. The SMILES string of the molecule is C[C@@H](NC(=O)NC1CCCCC1)[C@H]1C[C@H]2CC[C@H]1C2. The van der Waals surface area contributed by atoms with E-state index < -0.39 is 0 Å². The fourth-order valence-electron chi connectivity index (χ4n) is 4.69. The van der Waals surface area contributed by atoms with Crippen LogP contribution in [0.2, 0.25) is 0 Å². The molecule has 3 heteroatoms. The summed E-state index contributed by atoms with van der Waals surface area (Å²) in [7, 11) is 0. The molecular weight excluding hydrogens is 236 g/mol. The van der Waals surface area contributed by atoms with Crippen LogP contribution in [0, 0.1) is 17.8 Å². The van der Waals surface area contributed by atoms with Crippen LogP contribution in [0.15, 0.2) is 0 Å². The van der Waals surface area contributed by atoms with Crippen molar-refractivity contribution in [3.8, 4) is 0 Å². The van der Waals surface area contributed by atoms with Crippen molar-refractivity contribution in [3.63, 3.8) is 0 Å². The molecule has 2 bridgehead atoms. The third-order valence-electron chi connectivity index (χ3n) is 5.73. The van der Waals surface area contributed by atoms with E-state index in [1.165, 1.54) is 44.9 Å². The number of amides is 2. The summed E-state index contributed by atoms with van der Waals surface area (Å²) in [6, 6.07) is 0.835. The summed E-state index contributed by atoms with van der Waals surface area (Å²) in [5.41, 5.74) is 0. The van der Waals surface area contributed by atoms with Gasteiger partial charge in [0.05, 0.1) is 0 Å². The lowest BCUT2D eigenvalue weighted by molar-refractivity contribution is 0.213. The van der Waals surface area contributed by atoms with Gasteiger partial charge in [-0.1, -0.05) is 25.7 Å². The van der Waals surface area contributed by atoms with Crippen LogP contribution >= 0.6 is 0 Å². The van der Waals surface area contributed by atoms with Crippen LogP contribution in [0.25, 0.3) is 0 Å². The van der Waals surface area contributed by atoms with E-state index in [9.17, 15) is 4.79 Å². The molecule has 19 heavy (non-hydrogen) atoms. The molecule has 0 aliphatic heterocycles. The summed E-state index contributed by atoms with van der Waals surface area (Å²) in [5, 5.41) is 6.37. The minimum atomic E-state index is 0.0715. The highest BCUT2D eigenvalue weighted by Gasteiger charge is 2.42. The van der Waals surface area contributed by atoms with Crippen LogP contribution in [0.1, 0.15) is 64.7 Å². The Morgan fingerprint density at radius 2 is 1.84 bits per heavy atom. The molecule has 2 amide bonds. The molecule has 3 fully saturated rings. The smallest absolute Gasteiger partial charge is 0.315 e. The van der Waals surface area contributed by atoms with E-state index in [0.29, 0.717) is 12.1 Å². The fraction of sp³-hybridized carbons (Fsp3) is 0.938. The zero-order valence-corrected chi connectivity index (χ0v) is 12.2. The van der Waals surface area contributed by atoms with Crippen LogP contribution in [-0.4, -0.2) is 18.1 Å². The maximum Gasteiger partial charge on any atom is 0.315 e. The predicted molar refractivity (Wildman–Crippen MR) is 76.9 cm³/mol. The Bertz CT molecular complexity index is 325. The van der Waals surface area contributed by atoms with Gasteiger partial charge in [0.25, 0.3) is 0 Å². The van der Waals surface area contributed by atoms with E-state index in [-0.39, 0.29) is 6.03 Å². The van der Waals surface area contributed by atoms with Gasteiger partial charge in [-0.15, -0.1) is 0 Å². The Balaban J connectivity index is 1.43. The lowest BCUT2D eigenvalue weighted by Crippen LogP contribution is -2.48. The average Bonchev–Trinajstić information content (AvgIpc) is 3.02. The largest absolute Gasteiger partial charge is 0.335 e. The van der Waals surface area contributed by atoms with Crippen molar-refractivity contribution in [1.82, 2.24) is 10.6 Å². The van der Waals surface area contributed by atoms with Crippen molar-refractivity contribution in [1.29, 1.82) is 0 Å². The first-order chi connectivity index (χ1) is 9.22. The van der Waals surface area contributed by atoms with E-state index in [0.717, 1.165) is 30.6 Å². The van der Waals surface area contributed by atoms with E-state index in [1.807, 2.05) is 0 Å². The number of hydrogen-bond acceptors (Lipinski definition) is 1. The minimum absolute atomic E-state index is 0.0715. The molecule has 3 saturated carbocycles. The Morgan fingerprint density at radius 3 is 2.47 bits per heavy atom. The second-order valence-corrected chi connectivity index (χ2v) is 7.08. The van der Waals surface area contributed by atoms with Crippen molar-refractivity contribution < 1.29 is 4.79 Å². The van der Waals surface area contributed by atoms with Crippen molar-refractivity contribution in [2.45, 2.75) is 76.8 Å². The van der Waals surface area contributed by atoms with Gasteiger partial charge in [0.2, 0.25) is 0 Å². The molecule has 0 saturated heterocycles. The van der Waals surface area contributed by atoms with Gasteiger partial charge in [-0.25, -0.2) is 4.79 Å². The molecule has 0 heterocycles. The van der Waals surface area contributed by atoms with Gasteiger partial charge in [-0.2, -0.15) is 0 Å². The van der Waals surface area contributed by atoms with Gasteiger partial charge < -0.3 is 10.6 Å². The lowest BCUT2D eigenvalue weighted by Gasteiger charge is -2.30. The number of rotatable bonds is 3. The number of urea groups is 1. The standard InChI is InChI=1S/C16H28N2O/c1-11(15-10-12-7-8-13(15)9-12)17-16(19)18-14-5-3-2-4-6-14/h11-15H,2-10H2,1H3,(H2,17,18,19)/t11-,12+,13+,15-/m1/s1. The van der Waals surface area contributed by atoms with Gasteiger partial charge in [0.1, 0.15) is 0 Å². The molecule has 3 aliphatic rings. The lowest BCUT2D eigenvalue weighted by atomic mass is 9.84. The molecule has 0 radical (unpaired) electrons. The van der Waals surface area contributed by atoms with E-state index in [2.05, 4.69) is 17.6 Å². The number of carbonyl (C=O) groups excluding carboxylic acids is 1. The Morgan fingerprint density at radius 1 is 1.05 bits per heavy atom. The average molecular weight is 264 g/mol. The van der Waals surface area contributed by atoms with Crippen LogP contribution in [0.3, 0.4) is 0 Å². The van der Waals surface area contributed by atoms with Crippen LogP contribution in [0.5, 0.6) is 0 Å². The molecule has 108 valence electrons. The zero-order valence-electron chi connectivity index (χ0n) is 12.2. The summed E-state index contributed by atoms with van der Waals surface area (Å²) >= 11 is 0. The zero-order chi connectivity index (χ0) is 13.2. The summed E-state index contributed by atoms with van der Waals surface area (Å²) in [6.45, 7) is 2.20. The third-order valence-corrected chi connectivity index (χ3v) is 5.73. The molecule has 0 spiro atoms. The first-order valence-corrected chi connectivity index (χ1v) is 8.29. The normalized spacial score (nSPS) is 36.2. The van der Waals surface area contributed by atoms with E-state index in [4.69, 9.17) is 0 Å². The third kappa shape index (κ3) is 3.06. The first-order valence-electron chi connectivity index (χ1n) is 8.29. The van der Waals surface area contributed by atoms with Crippen LogP contribution < -0.4 is 10.6 Å². The maximum absolute atomic E-state index is 12.1. The highest BCUT2D eigenvalue weighted by molar-refractivity contribution is 5.74. The highest BCUT2D eigenvalue weighted by atomic mass is 16.2. The number of hydrogen-bond donors (Lipinski definition) is 2. The van der Waals surface area contributed by atoms with E-state index in [1.54, 1.807) is 0 Å². The number of nitrogens with one attached hydrogen (secondary N) is 2. The highest BCUT2D eigenvalue weighted by Crippen LogP contribution is 2.49. The first kappa shape index (κ1) is 13.3. The Hall–Kier alpha value is -0.730. The van der Waals surface area contributed by atoms with Gasteiger partial charge in [0.15, 0.2) is 0 Å². The molecule has 0 aromatic carbocycles. The van der Waals surface area contributed by atoms with Gasteiger partial charge in [-0.05, 0) is 56.8 Å². The molecule has 2 N–H and O–H groups in total. The second kappa shape index (κ2) is 5.72. The molecule has 0 aromatic rings. The summed E-state index contributed by atoms with van der Waals surface area (Å²) < 4.78 is 0. The Kier molecular flexibility index (Phi) is 3.99. The molecule has 0 unspecified atom stereocenters. The summed E-state index contributed by atoms with van der Waals surface area (Å²) in [5.74, 6) is 2.58. The van der Waals surface area contributed by atoms with Crippen molar-refractivity contribution in [2.75, 3.05) is 0 Å². The van der Waals surface area contributed by atoms with Crippen LogP contribution in [-0.2, 0) is 0 Å². The minimum Gasteiger partial charge on any atom is -0.335 e. The fourth-order valence-corrected chi connectivity index (χ4v) is 4.69. The molecule has 4 atom stereocenters. The van der Waals surface area contributed by atoms with Crippen LogP contribution in [0.4, 0.5) is 4.79 Å². The topological polar surface area (TPSA) is 41.1 Å². The monoisotopic (exact) mass is 264 g/mol.